The van der Waals surface area contributed by atoms with E-state index in [1.165, 1.54) is 26.2 Å². The number of nitrogens with one attached hydrogen (secondary N) is 1. The van der Waals surface area contributed by atoms with E-state index >= 15 is 0 Å². The first-order valence-corrected chi connectivity index (χ1v) is 12.8. The summed E-state index contributed by atoms with van der Waals surface area (Å²) in [5, 5.41) is 23.2. The van der Waals surface area contributed by atoms with Gasteiger partial charge in [-0.1, -0.05) is 53.5 Å². The average molecular weight is 560 g/mol. The van der Waals surface area contributed by atoms with E-state index in [0.717, 1.165) is 6.07 Å². The van der Waals surface area contributed by atoms with Gasteiger partial charge in [0.25, 0.3) is 16.0 Å². The molecule has 0 atom stereocenters. The fraction of sp³-hybridized carbons (Fsp3) is 0.0800. The molecule has 0 heterocycles. The van der Waals surface area contributed by atoms with Crippen molar-refractivity contribution in [2.24, 2.45) is 10.2 Å². The Bertz CT molecular complexity index is 1690. The van der Waals surface area contributed by atoms with Crippen molar-refractivity contribution < 1.29 is 27.6 Å². The van der Waals surface area contributed by atoms with Crippen molar-refractivity contribution in [3.63, 3.8) is 0 Å². The highest BCUT2D eigenvalue weighted by Gasteiger charge is 2.21. The maximum absolute atomic E-state index is 13.2. The molecule has 0 aliphatic heterocycles. The van der Waals surface area contributed by atoms with Crippen LogP contribution in [0.3, 0.4) is 0 Å². The number of nitrogens with zero attached hydrogens (tertiary/aromatic N) is 2. The van der Waals surface area contributed by atoms with Crippen molar-refractivity contribution >= 4 is 67.1 Å². The van der Waals surface area contributed by atoms with Crippen molar-refractivity contribution in [1.29, 1.82) is 0 Å². The standard InChI is InChI=1S/C25H19Cl2N3O6S/c1-13-10-19(18(27)12-21(13)37(33,34)35)29-30-22-15-7-4-3-6-14(15)11-16(24(22)31)25(32)28-23-17(26)8-5-9-20(23)36-2/h3-12,31H,1-2H3,(H,28,32)(H,33,34,35). The molecule has 0 aromatic heterocycles. The molecule has 12 heteroatoms. The van der Waals surface area contributed by atoms with Gasteiger partial charge in [0.05, 0.1) is 27.6 Å². The lowest BCUT2D eigenvalue weighted by Crippen LogP contribution is -2.13. The molecule has 0 bridgehead atoms. The summed E-state index contributed by atoms with van der Waals surface area (Å²) in [6.07, 6.45) is 0. The van der Waals surface area contributed by atoms with Crippen LogP contribution in [0.25, 0.3) is 10.8 Å². The molecule has 0 saturated heterocycles. The molecule has 0 radical (unpaired) electrons. The number of hydrogen-bond acceptors (Lipinski definition) is 7. The van der Waals surface area contributed by atoms with E-state index in [2.05, 4.69) is 15.5 Å². The third-order valence-electron chi connectivity index (χ3n) is 5.45. The predicted molar refractivity (Wildman–Crippen MR) is 142 cm³/mol. The Kier molecular flexibility index (Phi) is 7.37. The minimum atomic E-state index is -4.48. The van der Waals surface area contributed by atoms with Crippen LogP contribution in [-0.2, 0) is 10.1 Å². The molecule has 37 heavy (non-hydrogen) atoms. The molecule has 4 rings (SSSR count). The van der Waals surface area contributed by atoms with Gasteiger partial charge in [-0.05, 0) is 48.2 Å². The van der Waals surface area contributed by atoms with Gasteiger partial charge in [-0.3, -0.25) is 9.35 Å². The molecular formula is C25H19Cl2N3O6S. The van der Waals surface area contributed by atoms with Gasteiger partial charge in [-0.2, -0.15) is 8.42 Å². The highest BCUT2D eigenvalue weighted by Crippen LogP contribution is 2.41. The second-order valence-corrected chi connectivity index (χ2v) is 10.1. The van der Waals surface area contributed by atoms with Crippen LogP contribution in [0.4, 0.5) is 17.1 Å². The summed E-state index contributed by atoms with van der Waals surface area (Å²) in [5.74, 6) is -0.787. The average Bonchev–Trinajstić information content (AvgIpc) is 2.85. The van der Waals surface area contributed by atoms with Gasteiger partial charge in [-0.15, -0.1) is 10.2 Å². The number of aryl methyl sites for hydroxylation is 1. The number of rotatable bonds is 6. The summed E-state index contributed by atoms with van der Waals surface area (Å²) in [6, 6.07) is 15.7. The molecule has 0 aliphatic rings. The van der Waals surface area contributed by atoms with Gasteiger partial charge in [-0.25, -0.2) is 0 Å². The van der Waals surface area contributed by atoms with Gasteiger partial charge in [0.2, 0.25) is 0 Å². The molecule has 1 amide bonds. The van der Waals surface area contributed by atoms with Crippen molar-refractivity contribution in [2.45, 2.75) is 11.8 Å². The van der Waals surface area contributed by atoms with Gasteiger partial charge in [0.15, 0.2) is 5.75 Å². The quantitative estimate of drug-likeness (QED) is 0.170. The highest BCUT2D eigenvalue weighted by atomic mass is 35.5. The molecule has 0 spiro atoms. The summed E-state index contributed by atoms with van der Waals surface area (Å²) < 4.78 is 37.7. The third kappa shape index (κ3) is 5.37. The number of phenols is 1. The van der Waals surface area contributed by atoms with Crippen molar-refractivity contribution in [1.82, 2.24) is 0 Å². The molecule has 4 aromatic carbocycles. The van der Waals surface area contributed by atoms with E-state index < -0.39 is 21.8 Å². The summed E-state index contributed by atoms with van der Waals surface area (Å²) in [7, 11) is -3.05. The van der Waals surface area contributed by atoms with E-state index in [1.54, 1.807) is 42.5 Å². The monoisotopic (exact) mass is 559 g/mol. The normalized spacial score (nSPS) is 11.7. The summed E-state index contributed by atoms with van der Waals surface area (Å²) >= 11 is 12.4. The number of azo groups is 1. The molecule has 0 unspecified atom stereocenters. The van der Waals surface area contributed by atoms with E-state index in [1.807, 2.05) is 0 Å². The van der Waals surface area contributed by atoms with E-state index in [0.29, 0.717) is 16.5 Å². The zero-order valence-electron chi connectivity index (χ0n) is 19.4. The van der Waals surface area contributed by atoms with E-state index in [-0.39, 0.29) is 43.1 Å². The fourth-order valence-electron chi connectivity index (χ4n) is 3.67. The molecule has 190 valence electrons. The van der Waals surface area contributed by atoms with Crippen LogP contribution in [0.1, 0.15) is 15.9 Å². The number of benzene rings is 4. The number of carbonyl (C=O) groups excluding carboxylic acids is 1. The Hall–Kier alpha value is -3.70. The number of hydrogen-bond donors (Lipinski definition) is 3. The smallest absolute Gasteiger partial charge is 0.294 e. The molecule has 9 nitrogen and oxygen atoms in total. The Labute approximate surface area is 222 Å². The zero-order valence-corrected chi connectivity index (χ0v) is 21.7. The van der Waals surface area contributed by atoms with Crippen LogP contribution >= 0.6 is 23.2 Å². The minimum absolute atomic E-state index is 0.0121. The fourth-order valence-corrected chi connectivity index (χ4v) is 4.89. The van der Waals surface area contributed by atoms with Crippen LogP contribution in [0.15, 0.2) is 75.8 Å². The molecule has 3 N–H and O–H groups in total. The lowest BCUT2D eigenvalue weighted by Gasteiger charge is -2.14. The number of fused-ring (bicyclic) bond motifs is 1. The maximum atomic E-state index is 13.2. The number of para-hydroxylation sites is 1. The lowest BCUT2D eigenvalue weighted by atomic mass is 10.0. The second kappa shape index (κ2) is 10.3. The van der Waals surface area contributed by atoms with Crippen LogP contribution < -0.4 is 10.1 Å². The third-order valence-corrected chi connectivity index (χ3v) is 7.07. The molecule has 0 fully saturated rings. The predicted octanol–water partition coefficient (Wildman–Crippen LogP) is 7.08. The van der Waals surface area contributed by atoms with Gasteiger partial charge >= 0.3 is 0 Å². The van der Waals surface area contributed by atoms with Crippen molar-refractivity contribution in [3.05, 3.63) is 81.8 Å². The Balaban J connectivity index is 1.81. The summed E-state index contributed by atoms with van der Waals surface area (Å²) in [6.45, 7) is 1.46. The number of anilines is 1. The summed E-state index contributed by atoms with van der Waals surface area (Å²) in [5.41, 5.74) is 0.400. The number of halogens is 2. The molecular weight excluding hydrogens is 541 g/mol. The topological polar surface area (TPSA) is 138 Å². The lowest BCUT2D eigenvalue weighted by molar-refractivity contribution is 0.102. The SMILES string of the molecule is COc1cccc(Cl)c1NC(=O)c1cc2ccccc2c(N=Nc2cc(C)c(S(=O)(=O)O)cc2Cl)c1O. The molecule has 4 aromatic rings. The Morgan fingerprint density at radius 2 is 1.73 bits per heavy atom. The first-order valence-electron chi connectivity index (χ1n) is 10.6. The van der Waals surface area contributed by atoms with E-state index in [4.69, 9.17) is 27.9 Å². The maximum Gasteiger partial charge on any atom is 0.294 e. The largest absolute Gasteiger partial charge is 0.505 e. The van der Waals surface area contributed by atoms with Gasteiger partial charge < -0.3 is 15.2 Å². The first-order chi connectivity index (χ1) is 17.5. The Morgan fingerprint density at radius 1 is 1.00 bits per heavy atom. The summed E-state index contributed by atoms with van der Waals surface area (Å²) in [4.78, 5) is 12.8. The van der Waals surface area contributed by atoms with Gasteiger partial charge in [0.1, 0.15) is 22.8 Å². The van der Waals surface area contributed by atoms with Crippen LogP contribution in [0, 0.1) is 6.92 Å². The number of methoxy groups -OCH3 is 1. The first kappa shape index (κ1) is 26.4. The number of phenolic OH excluding ortho intramolecular Hbond substituents is 1. The number of ether oxygens (including phenoxy) is 1. The van der Waals surface area contributed by atoms with Crippen molar-refractivity contribution in [3.8, 4) is 11.5 Å². The van der Waals surface area contributed by atoms with Crippen molar-refractivity contribution in [2.75, 3.05) is 12.4 Å². The number of aromatic hydroxyl groups is 1. The van der Waals surface area contributed by atoms with Crippen LogP contribution in [-0.4, -0.2) is 31.1 Å². The molecule has 0 aliphatic carbocycles. The highest BCUT2D eigenvalue weighted by molar-refractivity contribution is 7.85. The van der Waals surface area contributed by atoms with E-state index in [9.17, 15) is 22.9 Å². The Morgan fingerprint density at radius 3 is 2.43 bits per heavy atom. The van der Waals surface area contributed by atoms with Gasteiger partial charge in [0, 0.05) is 5.39 Å². The number of amides is 1. The van der Waals surface area contributed by atoms with Crippen LogP contribution in [0.5, 0.6) is 11.5 Å². The zero-order chi connectivity index (χ0) is 26.9. The second-order valence-electron chi connectivity index (χ2n) is 7.86. The molecule has 0 saturated carbocycles. The van der Waals surface area contributed by atoms with Crippen LogP contribution in [0.2, 0.25) is 10.0 Å². The minimum Gasteiger partial charge on any atom is -0.505 e. The number of carbonyl (C=O) groups is 1.